The smallest absolute Gasteiger partial charge is 0.388 e. The Balaban J connectivity index is 1.91. The fourth-order valence-corrected chi connectivity index (χ4v) is 6.38. The van der Waals surface area contributed by atoms with Crippen molar-refractivity contribution >= 4 is 11.8 Å². The number of hydrogen-bond acceptors (Lipinski definition) is 3. The van der Waals surface area contributed by atoms with Crippen LogP contribution in [0.1, 0.15) is 97.4 Å². The predicted molar refractivity (Wildman–Crippen MR) is 142 cm³/mol. The number of pyridine rings is 1. The Kier molecular flexibility index (Phi) is 8.64. The molecular formula is C30H33F4NOS. The zero-order chi connectivity index (χ0) is 26.7. The van der Waals surface area contributed by atoms with Crippen LogP contribution in [-0.4, -0.2) is 15.8 Å². The number of nitrogens with zero attached hydrogens (tertiary/aromatic N) is 1. The molecule has 3 aromatic rings. The van der Waals surface area contributed by atoms with Crippen LogP contribution in [0.25, 0.3) is 11.1 Å². The average molecular weight is 532 g/mol. The summed E-state index contributed by atoms with van der Waals surface area (Å²) in [7, 11) is 0. The van der Waals surface area contributed by atoms with Gasteiger partial charge in [0.2, 0.25) is 0 Å². The number of rotatable bonds is 8. The Hall–Kier alpha value is -2.38. The summed E-state index contributed by atoms with van der Waals surface area (Å²) in [6.45, 7) is 6.27. The molecule has 198 valence electrons. The maximum absolute atomic E-state index is 13.9. The summed E-state index contributed by atoms with van der Waals surface area (Å²) in [5.74, 6) is 0.706. The minimum absolute atomic E-state index is 0.0503. The lowest BCUT2D eigenvalue weighted by molar-refractivity contribution is -0.137. The van der Waals surface area contributed by atoms with Crippen LogP contribution in [0.5, 0.6) is 0 Å². The van der Waals surface area contributed by atoms with Gasteiger partial charge in [-0.25, -0.2) is 4.39 Å². The number of aliphatic hydroxyl groups is 1. The molecule has 1 heterocycles. The van der Waals surface area contributed by atoms with E-state index in [1.54, 1.807) is 12.1 Å². The molecule has 4 rings (SSSR count). The molecule has 0 saturated heterocycles. The molecule has 2 aromatic carbocycles. The summed E-state index contributed by atoms with van der Waals surface area (Å²) in [6, 6.07) is 11.4. The van der Waals surface area contributed by atoms with Crippen molar-refractivity contribution in [1.29, 1.82) is 0 Å². The highest BCUT2D eigenvalue weighted by molar-refractivity contribution is 7.99. The molecule has 1 N–H and O–H groups in total. The summed E-state index contributed by atoms with van der Waals surface area (Å²) in [5, 5.41) is 11.4. The quantitative estimate of drug-likeness (QED) is 0.233. The third-order valence-electron chi connectivity index (χ3n) is 6.90. The number of hydrogen-bond donors (Lipinski definition) is 1. The first-order valence-electron chi connectivity index (χ1n) is 12.9. The van der Waals surface area contributed by atoms with Gasteiger partial charge in [-0.15, -0.1) is 0 Å². The first-order chi connectivity index (χ1) is 17.6. The molecule has 0 bridgehead atoms. The van der Waals surface area contributed by atoms with Crippen LogP contribution in [-0.2, 0) is 12.6 Å². The number of halogens is 4. The van der Waals surface area contributed by atoms with Crippen molar-refractivity contribution in [2.24, 2.45) is 0 Å². The standard InChI is InChI=1S/C30H33F4NOS/c1-4-5-16-37-25-15-14-24(36)27-26(20-8-12-22(31)13-9-20)23(28(18(2)3)35-29(25)27)17-19-6-10-21(11-7-19)30(32,33)34/h6-13,18,24-25,36H,4-5,14-17H2,1-3H3. The van der Waals surface area contributed by atoms with Gasteiger partial charge in [0, 0.05) is 16.5 Å². The third kappa shape index (κ3) is 6.20. The molecule has 0 spiro atoms. The molecule has 1 aliphatic rings. The second kappa shape index (κ2) is 11.6. The highest BCUT2D eigenvalue weighted by Gasteiger charge is 2.34. The summed E-state index contributed by atoms with van der Waals surface area (Å²) >= 11 is 1.87. The number of benzene rings is 2. The fourth-order valence-electron chi connectivity index (χ4n) is 5.00. The number of aliphatic hydroxyl groups excluding tert-OH is 1. The molecule has 37 heavy (non-hydrogen) atoms. The van der Waals surface area contributed by atoms with Crippen LogP contribution >= 0.6 is 11.8 Å². The van der Waals surface area contributed by atoms with Gasteiger partial charge in [-0.2, -0.15) is 24.9 Å². The van der Waals surface area contributed by atoms with Crippen molar-refractivity contribution in [3.63, 3.8) is 0 Å². The second-order valence-electron chi connectivity index (χ2n) is 9.99. The maximum Gasteiger partial charge on any atom is 0.416 e. The van der Waals surface area contributed by atoms with Gasteiger partial charge in [0.05, 0.1) is 17.4 Å². The molecule has 1 aromatic heterocycles. The fraction of sp³-hybridized carbons (Fsp3) is 0.433. The normalized spacial score (nSPS) is 17.8. The second-order valence-corrected chi connectivity index (χ2v) is 11.3. The van der Waals surface area contributed by atoms with Crippen LogP contribution in [0, 0.1) is 5.82 Å². The third-order valence-corrected chi connectivity index (χ3v) is 8.28. The minimum atomic E-state index is -4.40. The largest absolute Gasteiger partial charge is 0.416 e. The Morgan fingerprint density at radius 1 is 1.03 bits per heavy atom. The van der Waals surface area contributed by atoms with Crippen molar-refractivity contribution in [3.8, 4) is 11.1 Å². The van der Waals surface area contributed by atoms with Crippen LogP contribution in [0.15, 0.2) is 48.5 Å². The Bertz CT molecular complexity index is 1210. The molecular weight excluding hydrogens is 498 g/mol. The van der Waals surface area contributed by atoms with Gasteiger partial charge in [0.1, 0.15) is 5.82 Å². The van der Waals surface area contributed by atoms with Gasteiger partial charge in [-0.3, -0.25) is 4.98 Å². The molecule has 0 aliphatic heterocycles. The first kappa shape index (κ1) is 27.6. The Labute approximate surface area is 220 Å². The highest BCUT2D eigenvalue weighted by atomic mass is 32.2. The SMILES string of the molecule is CCCCSC1CCC(O)c2c1nc(C(C)C)c(Cc1ccc(C(F)(F)F)cc1)c2-c1ccc(F)cc1. The van der Waals surface area contributed by atoms with Crippen molar-refractivity contribution in [2.75, 3.05) is 5.75 Å². The van der Waals surface area contributed by atoms with Gasteiger partial charge in [0.25, 0.3) is 0 Å². The van der Waals surface area contributed by atoms with E-state index in [-0.39, 0.29) is 17.0 Å². The Morgan fingerprint density at radius 2 is 1.70 bits per heavy atom. The topological polar surface area (TPSA) is 33.1 Å². The summed E-state index contributed by atoms with van der Waals surface area (Å²) < 4.78 is 53.3. The lowest BCUT2D eigenvalue weighted by Crippen LogP contribution is -2.20. The zero-order valence-electron chi connectivity index (χ0n) is 21.4. The van der Waals surface area contributed by atoms with E-state index in [1.807, 2.05) is 11.8 Å². The van der Waals surface area contributed by atoms with E-state index in [4.69, 9.17) is 4.98 Å². The predicted octanol–water partition coefficient (Wildman–Crippen LogP) is 9.02. The summed E-state index contributed by atoms with van der Waals surface area (Å²) in [4.78, 5) is 5.15. The van der Waals surface area contributed by atoms with Gasteiger partial charge in [0.15, 0.2) is 0 Å². The Morgan fingerprint density at radius 3 is 2.30 bits per heavy atom. The van der Waals surface area contributed by atoms with Crippen molar-refractivity contribution in [2.45, 2.75) is 76.3 Å². The first-order valence-corrected chi connectivity index (χ1v) is 13.9. The van der Waals surface area contributed by atoms with Gasteiger partial charge >= 0.3 is 6.18 Å². The lowest BCUT2D eigenvalue weighted by atomic mass is 9.81. The number of fused-ring (bicyclic) bond motifs is 1. The van der Waals surface area contributed by atoms with E-state index in [9.17, 15) is 22.7 Å². The maximum atomic E-state index is 13.9. The molecule has 1 aliphatic carbocycles. The molecule has 2 nitrogen and oxygen atoms in total. The monoisotopic (exact) mass is 531 g/mol. The molecule has 0 amide bonds. The number of unbranched alkanes of at least 4 members (excludes halogenated alkanes) is 1. The number of aromatic nitrogens is 1. The van der Waals surface area contributed by atoms with E-state index in [0.29, 0.717) is 12.8 Å². The summed E-state index contributed by atoms with van der Waals surface area (Å²) in [5.41, 5.74) is 5.05. The van der Waals surface area contributed by atoms with E-state index >= 15 is 0 Å². The molecule has 0 fully saturated rings. The lowest BCUT2D eigenvalue weighted by Gasteiger charge is -2.33. The van der Waals surface area contributed by atoms with E-state index in [2.05, 4.69) is 20.8 Å². The van der Waals surface area contributed by atoms with Crippen molar-refractivity contribution < 1.29 is 22.7 Å². The van der Waals surface area contributed by atoms with Crippen LogP contribution < -0.4 is 0 Å². The molecule has 2 atom stereocenters. The van der Waals surface area contributed by atoms with Crippen molar-refractivity contribution in [3.05, 3.63) is 88.0 Å². The number of thioether (sulfide) groups is 1. The summed E-state index contributed by atoms with van der Waals surface area (Å²) in [6.07, 6.45) is -1.11. The zero-order valence-corrected chi connectivity index (χ0v) is 22.2. The van der Waals surface area contributed by atoms with Gasteiger partial charge in [-0.1, -0.05) is 51.5 Å². The van der Waals surface area contributed by atoms with E-state index in [1.165, 1.54) is 24.3 Å². The van der Waals surface area contributed by atoms with E-state index < -0.39 is 17.8 Å². The van der Waals surface area contributed by atoms with E-state index in [0.717, 1.165) is 76.4 Å². The van der Waals surface area contributed by atoms with Crippen LogP contribution in [0.2, 0.25) is 0 Å². The molecule has 0 radical (unpaired) electrons. The van der Waals surface area contributed by atoms with Gasteiger partial charge in [-0.05, 0) is 83.9 Å². The molecule has 0 saturated carbocycles. The molecule has 2 unspecified atom stereocenters. The minimum Gasteiger partial charge on any atom is -0.388 e. The average Bonchev–Trinajstić information content (AvgIpc) is 2.85. The van der Waals surface area contributed by atoms with Crippen LogP contribution in [0.3, 0.4) is 0 Å². The van der Waals surface area contributed by atoms with Crippen molar-refractivity contribution in [1.82, 2.24) is 4.98 Å². The molecule has 7 heteroatoms. The highest BCUT2D eigenvalue weighted by Crippen LogP contribution is 2.49. The van der Waals surface area contributed by atoms with Crippen LogP contribution in [0.4, 0.5) is 17.6 Å². The van der Waals surface area contributed by atoms with Gasteiger partial charge < -0.3 is 5.11 Å². The number of alkyl halides is 3.